The van der Waals surface area contributed by atoms with Crippen LogP contribution in [0.25, 0.3) is 0 Å². The highest BCUT2D eigenvalue weighted by molar-refractivity contribution is 7.92. The summed E-state index contributed by atoms with van der Waals surface area (Å²) in [6.45, 7) is 0. The molecule has 0 fully saturated rings. The summed E-state index contributed by atoms with van der Waals surface area (Å²) in [6.07, 6.45) is 0. The second-order valence-corrected chi connectivity index (χ2v) is 12.7. The third-order valence-electron chi connectivity index (χ3n) is 5.08. The number of nitrogens with two attached hydrogens (primary N) is 2. The first-order valence-electron chi connectivity index (χ1n) is 9.92. The number of anilines is 2. The first kappa shape index (κ1) is 23.8. The second-order valence-electron chi connectivity index (χ2n) is 7.36. The van der Waals surface area contributed by atoms with Crippen LogP contribution in [0.3, 0.4) is 0 Å². The number of benzene rings is 4. The van der Waals surface area contributed by atoms with Gasteiger partial charge >= 0.3 is 0 Å². The SMILES string of the molecule is Nc1ccc(S(=O)(=O)c2ccc([S+]([O-])c3ccc(S(=O)(=O)c4ccc(N)cc4)cc3)cc2)cc1. The number of sulfone groups is 2. The van der Waals surface area contributed by atoms with Gasteiger partial charge in [0, 0.05) is 22.6 Å². The van der Waals surface area contributed by atoms with Crippen LogP contribution in [0, 0.1) is 0 Å². The average Bonchev–Trinajstić information content (AvgIpc) is 2.84. The molecule has 0 heterocycles. The maximum atomic E-state index is 13.0. The van der Waals surface area contributed by atoms with Gasteiger partial charge in [0.1, 0.15) is 0 Å². The van der Waals surface area contributed by atoms with Gasteiger partial charge in [0.2, 0.25) is 19.7 Å². The minimum Gasteiger partial charge on any atom is -0.606 e. The topological polar surface area (TPSA) is 143 Å². The van der Waals surface area contributed by atoms with Crippen molar-refractivity contribution >= 4 is 42.2 Å². The first-order chi connectivity index (χ1) is 16.1. The lowest BCUT2D eigenvalue weighted by Crippen LogP contribution is -2.06. The Morgan fingerprint density at radius 2 is 0.706 bits per heavy atom. The van der Waals surface area contributed by atoms with Crippen LogP contribution in [-0.4, -0.2) is 21.4 Å². The van der Waals surface area contributed by atoms with Gasteiger partial charge in [0.05, 0.1) is 19.6 Å². The maximum absolute atomic E-state index is 13.0. The minimum atomic E-state index is -3.74. The lowest BCUT2D eigenvalue weighted by atomic mass is 10.3. The highest BCUT2D eigenvalue weighted by atomic mass is 32.2. The van der Waals surface area contributed by atoms with Crippen molar-refractivity contribution in [3.05, 3.63) is 97.1 Å². The molecule has 0 saturated heterocycles. The molecule has 0 spiro atoms. The predicted octanol–water partition coefficient (Wildman–Crippen LogP) is 3.68. The van der Waals surface area contributed by atoms with E-state index in [1.165, 1.54) is 97.1 Å². The largest absolute Gasteiger partial charge is 0.606 e. The minimum absolute atomic E-state index is 0.0583. The Labute approximate surface area is 201 Å². The third kappa shape index (κ3) is 4.66. The van der Waals surface area contributed by atoms with Crippen molar-refractivity contribution in [2.75, 3.05) is 11.5 Å². The van der Waals surface area contributed by atoms with Gasteiger partial charge < -0.3 is 16.0 Å². The van der Waals surface area contributed by atoms with Crippen LogP contribution in [0.15, 0.2) is 126 Å². The Kier molecular flexibility index (Phi) is 6.41. The molecular formula is C24H20N2O5S3. The van der Waals surface area contributed by atoms with Gasteiger partial charge in [-0.25, -0.2) is 16.8 Å². The summed E-state index contributed by atoms with van der Waals surface area (Å²) < 4.78 is 64.1. The molecule has 0 amide bonds. The maximum Gasteiger partial charge on any atom is 0.206 e. The fourth-order valence-corrected chi connectivity index (χ4v) is 6.75. The highest BCUT2D eigenvalue weighted by Gasteiger charge is 2.22. The molecule has 0 aromatic heterocycles. The molecule has 174 valence electrons. The Balaban J connectivity index is 1.56. The Bertz CT molecular complexity index is 1400. The molecule has 0 unspecified atom stereocenters. The lowest BCUT2D eigenvalue weighted by Gasteiger charge is -2.12. The lowest BCUT2D eigenvalue weighted by molar-refractivity contribution is 0.591. The third-order valence-corrected chi connectivity index (χ3v) is 10.0. The number of hydrogen-bond acceptors (Lipinski definition) is 7. The molecule has 7 nitrogen and oxygen atoms in total. The summed E-state index contributed by atoms with van der Waals surface area (Å²) in [7, 11) is -7.49. The molecule has 0 radical (unpaired) electrons. The quantitative estimate of drug-likeness (QED) is 0.296. The van der Waals surface area contributed by atoms with Gasteiger partial charge in [0.15, 0.2) is 9.79 Å². The van der Waals surface area contributed by atoms with Crippen molar-refractivity contribution in [2.24, 2.45) is 0 Å². The van der Waals surface area contributed by atoms with E-state index in [9.17, 15) is 21.4 Å². The van der Waals surface area contributed by atoms with E-state index < -0.39 is 30.9 Å². The molecular weight excluding hydrogens is 492 g/mol. The standard InChI is InChI=1S/C24H20N2O5S3/c25-17-1-9-21(10-2-17)33(28,29)23-13-5-19(6-14-23)32(27)20-7-15-24(16-8-20)34(30,31)22-11-3-18(26)4-12-22/h1-16H,25-26H2. The van der Waals surface area contributed by atoms with Crippen molar-refractivity contribution in [2.45, 2.75) is 29.4 Å². The summed E-state index contributed by atoms with van der Waals surface area (Å²) in [4.78, 5) is 1.09. The van der Waals surface area contributed by atoms with Gasteiger partial charge in [-0.3, -0.25) is 0 Å². The van der Waals surface area contributed by atoms with Gasteiger partial charge in [0.25, 0.3) is 0 Å². The van der Waals surface area contributed by atoms with Crippen molar-refractivity contribution in [3.63, 3.8) is 0 Å². The van der Waals surface area contributed by atoms with Gasteiger partial charge in [-0.05, 0) is 97.1 Å². The van der Waals surface area contributed by atoms with Gasteiger partial charge in [-0.1, -0.05) is 0 Å². The van der Waals surface area contributed by atoms with E-state index in [0.717, 1.165) is 0 Å². The van der Waals surface area contributed by atoms with Gasteiger partial charge in [-0.2, -0.15) is 0 Å². The molecule has 4 N–H and O–H groups in total. The first-order valence-corrected chi connectivity index (χ1v) is 14.0. The molecule has 10 heteroatoms. The van der Waals surface area contributed by atoms with Crippen molar-refractivity contribution in [3.8, 4) is 0 Å². The Morgan fingerprint density at radius 1 is 0.471 bits per heavy atom. The van der Waals surface area contributed by atoms with Crippen LogP contribution in [0.1, 0.15) is 0 Å². The molecule has 0 aliphatic carbocycles. The van der Waals surface area contributed by atoms with Gasteiger partial charge in [-0.15, -0.1) is 0 Å². The Hall–Kier alpha value is -3.31. The average molecular weight is 513 g/mol. The van der Waals surface area contributed by atoms with Crippen LogP contribution in [-0.2, 0) is 30.9 Å². The van der Waals surface area contributed by atoms with E-state index in [2.05, 4.69) is 0 Å². The molecule has 4 aromatic rings. The zero-order chi connectivity index (χ0) is 24.5. The van der Waals surface area contributed by atoms with Crippen LogP contribution in [0.5, 0.6) is 0 Å². The van der Waals surface area contributed by atoms with Crippen LogP contribution in [0.2, 0.25) is 0 Å². The summed E-state index contributed by atoms with van der Waals surface area (Å²) in [5.41, 5.74) is 12.1. The molecule has 0 atom stereocenters. The van der Waals surface area contributed by atoms with Crippen molar-refractivity contribution in [1.29, 1.82) is 0 Å². The summed E-state index contributed by atoms with van der Waals surface area (Å²) in [5.74, 6) is 0. The molecule has 0 saturated carbocycles. The molecule has 0 aliphatic rings. The van der Waals surface area contributed by atoms with E-state index in [1.807, 2.05) is 0 Å². The van der Waals surface area contributed by atoms with E-state index >= 15 is 0 Å². The highest BCUT2D eigenvalue weighted by Crippen LogP contribution is 2.28. The number of rotatable bonds is 6. The van der Waals surface area contributed by atoms with Crippen LogP contribution in [0.4, 0.5) is 11.4 Å². The Morgan fingerprint density at radius 3 is 0.971 bits per heavy atom. The predicted molar refractivity (Wildman–Crippen MR) is 130 cm³/mol. The zero-order valence-electron chi connectivity index (χ0n) is 17.7. The van der Waals surface area contributed by atoms with Crippen molar-refractivity contribution < 1.29 is 21.4 Å². The monoisotopic (exact) mass is 512 g/mol. The smallest absolute Gasteiger partial charge is 0.206 e. The van der Waals surface area contributed by atoms with E-state index in [4.69, 9.17) is 11.5 Å². The summed E-state index contributed by atoms with van der Waals surface area (Å²) in [6, 6.07) is 23.2. The molecule has 0 bridgehead atoms. The van der Waals surface area contributed by atoms with E-state index in [-0.39, 0.29) is 19.6 Å². The summed E-state index contributed by atoms with van der Waals surface area (Å²) >= 11 is -1.63. The van der Waals surface area contributed by atoms with Crippen molar-refractivity contribution in [1.82, 2.24) is 0 Å². The molecule has 34 heavy (non-hydrogen) atoms. The molecule has 4 aromatic carbocycles. The van der Waals surface area contributed by atoms with Crippen LogP contribution >= 0.6 is 0 Å². The number of hydrogen-bond donors (Lipinski definition) is 2. The van der Waals surface area contributed by atoms with Crippen LogP contribution < -0.4 is 11.5 Å². The van der Waals surface area contributed by atoms with E-state index in [0.29, 0.717) is 21.2 Å². The van der Waals surface area contributed by atoms with E-state index in [1.54, 1.807) is 0 Å². The number of nitrogen functional groups attached to an aromatic ring is 2. The fourth-order valence-electron chi connectivity index (χ4n) is 3.19. The second kappa shape index (κ2) is 9.15. The zero-order valence-corrected chi connectivity index (χ0v) is 20.1. The molecule has 0 aliphatic heterocycles. The molecule has 4 rings (SSSR count). The normalized spacial score (nSPS) is 12.1. The summed E-state index contributed by atoms with van der Waals surface area (Å²) in [5, 5.41) is 0. The fraction of sp³-hybridized carbons (Fsp3) is 0.